The van der Waals surface area contributed by atoms with E-state index >= 15 is 0 Å². The minimum Gasteiger partial charge on any atom is -0.378 e. The third-order valence-corrected chi connectivity index (χ3v) is 2.91. The van der Waals surface area contributed by atoms with Gasteiger partial charge in [-0.15, -0.1) is 5.56 Å². The van der Waals surface area contributed by atoms with Gasteiger partial charge in [-0.3, -0.25) is 0 Å². The van der Waals surface area contributed by atoms with Crippen molar-refractivity contribution in [3.8, 4) is 0 Å². The quantitative estimate of drug-likeness (QED) is 0.813. The summed E-state index contributed by atoms with van der Waals surface area (Å²) >= 11 is 0. The summed E-state index contributed by atoms with van der Waals surface area (Å²) in [7, 11) is 0. The number of rotatable bonds is 3. The Morgan fingerprint density at radius 2 is 1.78 bits per heavy atom. The molecule has 0 bridgehead atoms. The van der Waals surface area contributed by atoms with Crippen LogP contribution < -0.4 is 5.32 Å². The molecule has 0 heterocycles. The summed E-state index contributed by atoms with van der Waals surface area (Å²) in [6, 6.07) is 17.7. The molecule has 0 atom stereocenters. The first-order valence-corrected chi connectivity index (χ1v) is 6.01. The molecule has 0 aromatic heterocycles. The van der Waals surface area contributed by atoms with Crippen molar-refractivity contribution >= 4 is 11.4 Å². The molecule has 0 aliphatic carbocycles. The Hall–Kier alpha value is -0.656. The van der Waals surface area contributed by atoms with Crippen molar-refractivity contribution in [2.24, 2.45) is 0 Å². The van der Waals surface area contributed by atoms with Crippen molar-refractivity contribution in [3.63, 3.8) is 0 Å². The van der Waals surface area contributed by atoms with E-state index in [1.165, 1.54) is 16.8 Å². The normalized spacial score (nSPS) is 10.0. The topological polar surface area (TPSA) is 12.0 Å². The molecular formula is C16H18NY-. The average Bonchev–Trinajstić information content (AvgIpc) is 2.32. The number of aryl methyl sites for hydroxylation is 1. The Morgan fingerprint density at radius 3 is 2.44 bits per heavy atom. The Balaban J connectivity index is 0.00000162. The third kappa shape index (κ3) is 3.67. The van der Waals surface area contributed by atoms with Gasteiger partial charge in [0, 0.05) is 38.4 Å². The molecular weight excluding hydrogens is 295 g/mol. The van der Waals surface area contributed by atoms with Crippen LogP contribution in [0.1, 0.15) is 30.9 Å². The van der Waals surface area contributed by atoms with Crippen LogP contribution in [0.3, 0.4) is 0 Å². The molecule has 1 nitrogen and oxygen atoms in total. The van der Waals surface area contributed by atoms with E-state index in [0.29, 0.717) is 5.92 Å². The number of nitrogens with one attached hydrogen (secondary N) is 1. The van der Waals surface area contributed by atoms with Crippen molar-refractivity contribution in [2.75, 3.05) is 5.32 Å². The molecule has 18 heavy (non-hydrogen) atoms. The number of benzene rings is 2. The van der Waals surface area contributed by atoms with Gasteiger partial charge in [-0.2, -0.15) is 24.3 Å². The molecule has 2 heteroatoms. The largest absolute Gasteiger partial charge is 0.378 e. The van der Waals surface area contributed by atoms with Crippen molar-refractivity contribution in [1.82, 2.24) is 0 Å². The molecule has 1 N–H and O–H groups in total. The maximum Gasteiger partial charge on any atom is 0.0401 e. The molecule has 1 radical (unpaired) electrons. The second kappa shape index (κ2) is 7.06. The number of anilines is 2. The summed E-state index contributed by atoms with van der Waals surface area (Å²) in [6.07, 6.45) is 0. The van der Waals surface area contributed by atoms with Gasteiger partial charge in [0.05, 0.1) is 0 Å². The van der Waals surface area contributed by atoms with E-state index in [-0.39, 0.29) is 32.7 Å². The summed E-state index contributed by atoms with van der Waals surface area (Å²) in [5.74, 6) is 0.516. The zero-order chi connectivity index (χ0) is 12.3. The fourth-order valence-corrected chi connectivity index (χ4v) is 1.90. The monoisotopic (exact) mass is 313 g/mol. The molecule has 2 aromatic carbocycles. The fraction of sp³-hybridized carbons (Fsp3) is 0.250. The number of para-hydroxylation sites is 2. The first-order chi connectivity index (χ1) is 8.18. The minimum atomic E-state index is 0. The van der Waals surface area contributed by atoms with E-state index in [1.54, 1.807) is 0 Å². The van der Waals surface area contributed by atoms with Gasteiger partial charge in [-0.1, -0.05) is 44.7 Å². The van der Waals surface area contributed by atoms with Gasteiger partial charge in [-0.25, -0.2) is 0 Å². The zero-order valence-electron chi connectivity index (χ0n) is 11.2. The summed E-state index contributed by atoms with van der Waals surface area (Å²) < 4.78 is 0. The van der Waals surface area contributed by atoms with E-state index in [1.807, 2.05) is 12.1 Å². The van der Waals surface area contributed by atoms with Crippen LogP contribution in [0.15, 0.2) is 42.5 Å². The third-order valence-electron chi connectivity index (χ3n) is 2.91. The van der Waals surface area contributed by atoms with Gasteiger partial charge in [0.2, 0.25) is 0 Å². The standard InChI is InChI=1S/C16H18N.Y/c1-12(2)14-9-5-7-11-16(14)17-15-10-6-4-8-13(15)3;/h4-9,11-12,17H,1-3H3;/q-1;. The smallest absolute Gasteiger partial charge is 0.0401 e. The Kier molecular flexibility index (Phi) is 6.04. The molecule has 0 aliphatic rings. The molecule has 0 saturated carbocycles. The molecule has 2 rings (SSSR count). The van der Waals surface area contributed by atoms with Gasteiger partial charge in [0.25, 0.3) is 0 Å². The second-order valence-electron chi connectivity index (χ2n) is 4.60. The van der Waals surface area contributed by atoms with Crippen LogP contribution in [0, 0.1) is 13.0 Å². The summed E-state index contributed by atoms with van der Waals surface area (Å²) in [6.45, 7) is 6.51. The van der Waals surface area contributed by atoms with Gasteiger partial charge >= 0.3 is 0 Å². The van der Waals surface area contributed by atoms with Crippen LogP contribution in [0.4, 0.5) is 11.4 Å². The van der Waals surface area contributed by atoms with Gasteiger partial charge in [-0.05, 0) is 17.5 Å². The van der Waals surface area contributed by atoms with Gasteiger partial charge < -0.3 is 5.32 Å². The van der Waals surface area contributed by atoms with E-state index in [0.717, 1.165) is 5.69 Å². The van der Waals surface area contributed by atoms with E-state index in [2.05, 4.69) is 62.5 Å². The van der Waals surface area contributed by atoms with E-state index in [9.17, 15) is 0 Å². The molecule has 91 valence electrons. The predicted octanol–water partition coefficient (Wildman–Crippen LogP) is 4.66. The van der Waals surface area contributed by atoms with Crippen molar-refractivity contribution in [3.05, 3.63) is 59.7 Å². The van der Waals surface area contributed by atoms with Crippen LogP contribution in [0.5, 0.6) is 0 Å². The first-order valence-electron chi connectivity index (χ1n) is 6.01. The first kappa shape index (κ1) is 15.4. The van der Waals surface area contributed by atoms with Crippen LogP contribution in [0.25, 0.3) is 0 Å². The number of hydrogen-bond acceptors (Lipinski definition) is 1. The molecule has 0 amide bonds. The predicted molar refractivity (Wildman–Crippen MR) is 73.8 cm³/mol. The molecule has 0 aliphatic heterocycles. The Bertz CT molecular complexity index is 506. The van der Waals surface area contributed by atoms with Crippen LogP contribution in [-0.2, 0) is 32.7 Å². The van der Waals surface area contributed by atoms with Crippen LogP contribution >= 0.6 is 0 Å². The molecule has 0 unspecified atom stereocenters. The van der Waals surface area contributed by atoms with E-state index < -0.39 is 0 Å². The Morgan fingerprint density at radius 1 is 1.06 bits per heavy atom. The SMILES string of the molecule is Cc1ccc[c-]c1Nc1ccccc1C(C)C.[Y]. The maximum absolute atomic E-state index is 3.47. The minimum absolute atomic E-state index is 0. The average molecular weight is 313 g/mol. The van der Waals surface area contributed by atoms with Crippen molar-refractivity contribution in [1.29, 1.82) is 0 Å². The van der Waals surface area contributed by atoms with Crippen LogP contribution in [-0.4, -0.2) is 0 Å². The Labute approximate surface area is 135 Å². The molecule has 0 saturated heterocycles. The molecule has 0 fully saturated rings. The van der Waals surface area contributed by atoms with Crippen molar-refractivity contribution in [2.45, 2.75) is 26.7 Å². The van der Waals surface area contributed by atoms with Gasteiger partial charge in [0.1, 0.15) is 0 Å². The summed E-state index contributed by atoms with van der Waals surface area (Å²) in [4.78, 5) is 0. The molecule has 2 aromatic rings. The molecule has 0 spiro atoms. The summed E-state index contributed by atoms with van der Waals surface area (Å²) in [5, 5.41) is 3.47. The number of hydrogen-bond donors (Lipinski definition) is 1. The fourth-order valence-electron chi connectivity index (χ4n) is 1.90. The van der Waals surface area contributed by atoms with E-state index in [4.69, 9.17) is 0 Å². The van der Waals surface area contributed by atoms with Crippen molar-refractivity contribution < 1.29 is 32.7 Å². The van der Waals surface area contributed by atoms with Gasteiger partial charge in [0.15, 0.2) is 0 Å². The second-order valence-corrected chi connectivity index (χ2v) is 4.60. The maximum atomic E-state index is 3.47. The zero-order valence-corrected chi connectivity index (χ0v) is 14.0. The van der Waals surface area contributed by atoms with Crippen LogP contribution in [0.2, 0.25) is 0 Å². The summed E-state index contributed by atoms with van der Waals surface area (Å²) in [5.41, 5.74) is 4.78.